The number of hydrogen-bond donors (Lipinski definition) is 3. The molecule has 1 fully saturated rings. The largest absolute Gasteiger partial charge is 0.381 e. The van der Waals surface area contributed by atoms with Gasteiger partial charge in [0, 0.05) is 41.8 Å². The number of carbonyl (C=O) groups excluding carboxylic acids is 4. The van der Waals surface area contributed by atoms with Gasteiger partial charge in [-0.05, 0) is 18.2 Å². The molecule has 0 aliphatic carbocycles. The standard InChI is InChI=1S/C21H18FN3O5/c22-18-12(3-1-4-13(18)11-26)9-23-16-6-2-5-14-15(16)10-25(19(14)28)21(30)8-7-17(27)24-20(21)29/h1-6,11,23,30H,7-10H2,(H,24,27,29). The molecule has 1 atom stereocenters. The minimum absolute atomic E-state index is 0.0472. The predicted octanol–water partition coefficient (Wildman–Crippen LogP) is 1.33. The maximum Gasteiger partial charge on any atom is 0.279 e. The molecule has 2 heterocycles. The van der Waals surface area contributed by atoms with Crippen molar-refractivity contribution in [1.29, 1.82) is 0 Å². The van der Waals surface area contributed by atoms with Crippen molar-refractivity contribution in [3.63, 3.8) is 0 Å². The predicted molar refractivity (Wildman–Crippen MR) is 103 cm³/mol. The minimum atomic E-state index is -2.12. The van der Waals surface area contributed by atoms with E-state index in [0.29, 0.717) is 23.1 Å². The monoisotopic (exact) mass is 411 g/mol. The molecule has 3 N–H and O–H groups in total. The molecule has 3 amide bonds. The van der Waals surface area contributed by atoms with Crippen LogP contribution in [0.1, 0.15) is 44.7 Å². The molecule has 8 nitrogen and oxygen atoms in total. The molecule has 0 saturated carbocycles. The van der Waals surface area contributed by atoms with Gasteiger partial charge in [0.1, 0.15) is 5.82 Å². The normalized spacial score (nSPS) is 20.7. The summed E-state index contributed by atoms with van der Waals surface area (Å²) < 4.78 is 14.3. The molecule has 4 rings (SSSR count). The number of halogens is 1. The number of nitrogens with zero attached hydrogens (tertiary/aromatic N) is 1. The Morgan fingerprint density at radius 2 is 1.97 bits per heavy atom. The summed E-state index contributed by atoms with van der Waals surface area (Å²) in [6.07, 6.45) is 0.167. The number of benzene rings is 2. The van der Waals surface area contributed by atoms with Gasteiger partial charge in [-0.3, -0.25) is 29.4 Å². The van der Waals surface area contributed by atoms with Gasteiger partial charge in [-0.2, -0.15) is 0 Å². The van der Waals surface area contributed by atoms with E-state index in [9.17, 15) is 28.7 Å². The lowest BCUT2D eigenvalue weighted by Crippen LogP contribution is -2.63. The van der Waals surface area contributed by atoms with Crippen LogP contribution in [0.4, 0.5) is 10.1 Å². The van der Waals surface area contributed by atoms with E-state index in [4.69, 9.17) is 0 Å². The first-order chi connectivity index (χ1) is 14.3. The smallest absolute Gasteiger partial charge is 0.279 e. The van der Waals surface area contributed by atoms with Crippen molar-refractivity contribution in [2.75, 3.05) is 5.32 Å². The second-order valence-corrected chi connectivity index (χ2v) is 7.21. The van der Waals surface area contributed by atoms with Gasteiger partial charge < -0.3 is 10.4 Å². The fourth-order valence-corrected chi connectivity index (χ4v) is 3.76. The van der Waals surface area contributed by atoms with E-state index in [1.54, 1.807) is 30.3 Å². The van der Waals surface area contributed by atoms with Crippen molar-refractivity contribution in [1.82, 2.24) is 10.2 Å². The number of carbonyl (C=O) groups is 4. The molecule has 154 valence electrons. The van der Waals surface area contributed by atoms with Gasteiger partial charge in [-0.25, -0.2) is 4.39 Å². The van der Waals surface area contributed by atoms with Crippen LogP contribution < -0.4 is 10.6 Å². The summed E-state index contributed by atoms with van der Waals surface area (Å²) >= 11 is 0. The lowest BCUT2D eigenvalue weighted by molar-refractivity contribution is -0.167. The zero-order valence-electron chi connectivity index (χ0n) is 15.8. The summed E-state index contributed by atoms with van der Waals surface area (Å²) in [7, 11) is 0. The third-order valence-corrected chi connectivity index (χ3v) is 5.44. The first-order valence-corrected chi connectivity index (χ1v) is 9.32. The van der Waals surface area contributed by atoms with Crippen LogP contribution in [0, 0.1) is 5.82 Å². The second-order valence-electron chi connectivity index (χ2n) is 7.21. The van der Waals surface area contributed by atoms with Crippen molar-refractivity contribution in [3.8, 4) is 0 Å². The van der Waals surface area contributed by atoms with Gasteiger partial charge in [-0.15, -0.1) is 0 Å². The van der Waals surface area contributed by atoms with Gasteiger partial charge in [0.2, 0.25) is 11.6 Å². The molecule has 0 spiro atoms. The van der Waals surface area contributed by atoms with Crippen LogP contribution in [0.25, 0.3) is 0 Å². The minimum Gasteiger partial charge on any atom is -0.381 e. The highest BCUT2D eigenvalue weighted by Crippen LogP contribution is 2.36. The summed E-state index contributed by atoms with van der Waals surface area (Å²) in [5, 5.41) is 16.0. The highest BCUT2D eigenvalue weighted by atomic mass is 19.1. The first kappa shape index (κ1) is 19.7. The number of aliphatic hydroxyl groups is 1. The number of hydrogen-bond acceptors (Lipinski definition) is 6. The van der Waals surface area contributed by atoms with Crippen LogP contribution in [0.5, 0.6) is 0 Å². The van der Waals surface area contributed by atoms with Crippen LogP contribution >= 0.6 is 0 Å². The van der Waals surface area contributed by atoms with E-state index in [1.807, 2.05) is 0 Å². The van der Waals surface area contributed by atoms with E-state index in [-0.39, 0.29) is 37.1 Å². The van der Waals surface area contributed by atoms with Crippen molar-refractivity contribution in [2.45, 2.75) is 31.7 Å². The molecular formula is C21H18FN3O5. The van der Waals surface area contributed by atoms with Gasteiger partial charge >= 0.3 is 0 Å². The topological polar surface area (TPSA) is 116 Å². The Hall–Kier alpha value is -3.59. The number of anilines is 1. The third-order valence-electron chi connectivity index (χ3n) is 5.44. The molecule has 2 aliphatic rings. The lowest BCUT2D eigenvalue weighted by Gasteiger charge is -2.37. The molecule has 2 aromatic rings. The third kappa shape index (κ3) is 3.13. The fourth-order valence-electron chi connectivity index (χ4n) is 3.76. The molecule has 9 heteroatoms. The van der Waals surface area contributed by atoms with Gasteiger partial charge in [-0.1, -0.05) is 18.2 Å². The van der Waals surface area contributed by atoms with Crippen molar-refractivity contribution in [2.24, 2.45) is 0 Å². The number of rotatable bonds is 5. The van der Waals surface area contributed by atoms with Crippen LogP contribution in [-0.2, 0) is 22.7 Å². The molecule has 0 bridgehead atoms. The Bertz CT molecular complexity index is 1090. The Labute approximate surface area is 170 Å². The second kappa shape index (κ2) is 7.34. The summed E-state index contributed by atoms with van der Waals surface area (Å²) in [4.78, 5) is 48.5. The molecule has 1 unspecified atom stereocenters. The molecular weight excluding hydrogens is 393 g/mol. The average molecular weight is 411 g/mol. The SMILES string of the molecule is O=Cc1cccc(CNc2cccc3c2CN(C2(O)CCC(=O)NC2=O)C3=O)c1F. The highest BCUT2D eigenvalue weighted by molar-refractivity contribution is 6.07. The van der Waals surface area contributed by atoms with E-state index in [1.165, 1.54) is 6.07 Å². The fraction of sp³-hybridized carbons (Fsp3) is 0.238. The summed E-state index contributed by atoms with van der Waals surface area (Å²) in [5.74, 6) is -2.59. The molecule has 2 aromatic carbocycles. The van der Waals surface area contributed by atoms with Crippen LogP contribution in [0.15, 0.2) is 36.4 Å². The zero-order chi connectivity index (χ0) is 21.5. The van der Waals surface area contributed by atoms with Gasteiger partial charge in [0.15, 0.2) is 6.29 Å². The Balaban J connectivity index is 1.59. The average Bonchev–Trinajstić information content (AvgIpc) is 3.08. The van der Waals surface area contributed by atoms with Gasteiger partial charge in [0.25, 0.3) is 11.8 Å². The van der Waals surface area contributed by atoms with Crippen LogP contribution in [0.3, 0.4) is 0 Å². The summed E-state index contributed by atoms with van der Waals surface area (Å²) in [5.41, 5.74) is -0.495. The van der Waals surface area contributed by atoms with E-state index >= 15 is 0 Å². The summed E-state index contributed by atoms with van der Waals surface area (Å²) in [6.45, 7) is 0.0176. The van der Waals surface area contributed by atoms with E-state index in [2.05, 4.69) is 10.6 Å². The molecule has 2 aliphatic heterocycles. The van der Waals surface area contributed by atoms with Crippen molar-refractivity contribution in [3.05, 3.63) is 64.5 Å². The maximum atomic E-state index is 14.3. The number of aldehydes is 1. The molecule has 1 saturated heterocycles. The zero-order valence-corrected chi connectivity index (χ0v) is 15.8. The van der Waals surface area contributed by atoms with E-state index < -0.39 is 29.3 Å². The number of piperidine rings is 1. The van der Waals surface area contributed by atoms with Crippen LogP contribution in [-0.4, -0.2) is 39.7 Å². The van der Waals surface area contributed by atoms with Gasteiger partial charge in [0.05, 0.1) is 12.1 Å². The Morgan fingerprint density at radius 3 is 2.70 bits per heavy atom. The molecule has 0 radical (unpaired) electrons. The maximum absolute atomic E-state index is 14.3. The number of fused-ring (bicyclic) bond motifs is 1. The molecule has 30 heavy (non-hydrogen) atoms. The number of imide groups is 1. The summed E-state index contributed by atoms with van der Waals surface area (Å²) in [6, 6.07) is 9.40. The highest BCUT2D eigenvalue weighted by Gasteiger charge is 2.51. The molecule has 0 aromatic heterocycles. The number of amides is 3. The Morgan fingerprint density at radius 1 is 1.20 bits per heavy atom. The quantitative estimate of drug-likeness (QED) is 0.505. The lowest BCUT2D eigenvalue weighted by atomic mass is 10.00. The number of nitrogens with one attached hydrogen (secondary N) is 2. The Kier molecular flexibility index (Phi) is 4.83. The van der Waals surface area contributed by atoms with Crippen LogP contribution in [0.2, 0.25) is 0 Å². The van der Waals surface area contributed by atoms with E-state index in [0.717, 1.165) is 4.90 Å². The van der Waals surface area contributed by atoms with Crippen molar-refractivity contribution >= 4 is 29.7 Å². The van der Waals surface area contributed by atoms with Crippen molar-refractivity contribution < 1.29 is 28.7 Å². The first-order valence-electron chi connectivity index (χ1n) is 9.32.